The highest BCUT2D eigenvalue weighted by atomic mass is 16.2. The van der Waals surface area contributed by atoms with Crippen molar-refractivity contribution in [1.82, 2.24) is 0 Å². The maximum atomic E-state index is 12.9. The third-order valence-electron chi connectivity index (χ3n) is 5.83. The van der Waals surface area contributed by atoms with E-state index in [9.17, 15) is 14.4 Å². The van der Waals surface area contributed by atoms with Gasteiger partial charge in [-0.05, 0) is 31.2 Å². The summed E-state index contributed by atoms with van der Waals surface area (Å²) in [4.78, 5) is 43.0. The Morgan fingerprint density at radius 1 is 0.903 bits per heavy atom. The van der Waals surface area contributed by atoms with Crippen LogP contribution < -0.4 is 5.01 Å². The van der Waals surface area contributed by atoms with Crippen molar-refractivity contribution in [2.24, 2.45) is 27.8 Å². The van der Waals surface area contributed by atoms with E-state index in [2.05, 4.69) is 10.1 Å². The Kier molecular flexibility index (Phi) is 4.55. The Labute approximate surface area is 179 Å². The van der Waals surface area contributed by atoms with Crippen LogP contribution in [0, 0.1) is 17.8 Å². The van der Waals surface area contributed by atoms with E-state index < -0.39 is 17.8 Å². The van der Waals surface area contributed by atoms with Crippen LogP contribution in [-0.2, 0) is 4.79 Å². The van der Waals surface area contributed by atoms with Crippen molar-refractivity contribution < 1.29 is 14.4 Å². The summed E-state index contributed by atoms with van der Waals surface area (Å²) in [5, 5.41) is 5.75. The summed E-state index contributed by atoms with van der Waals surface area (Å²) in [6, 6.07) is 16.1. The topological polar surface area (TPSA) is 79.2 Å². The van der Waals surface area contributed by atoms with Crippen LogP contribution >= 0.6 is 0 Å². The van der Waals surface area contributed by atoms with E-state index >= 15 is 0 Å². The van der Waals surface area contributed by atoms with Gasteiger partial charge in [0.05, 0.1) is 28.9 Å². The summed E-state index contributed by atoms with van der Waals surface area (Å²) in [7, 11) is 0. The van der Waals surface area contributed by atoms with Gasteiger partial charge < -0.3 is 0 Å². The lowest BCUT2D eigenvalue weighted by molar-refractivity contribution is -0.118. The van der Waals surface area contributed by atoms with Gasteiger partial charge in [-0.15, -0.1) is 0 Å². The third kappa shape index (κ3) is 3.17. The van der Waals surface area contributed by atoms with Gasteiger partial charge in [-0.1, -0.05) is 48.5 Å². The molecule has 0 bridgehead atoms. The molecule has 0 spiro atoms. The molecule has 0 radical (unpaired) electrons. The lowest BCUT2D eigenvalue weighted by atomic mass is 9.72. The molecule has 0 saturated carbocycles. The van der Waals surface area contributed by atoms with Crippen LogP contribution in [0.3, 0.4) is 0 Å². The number of Topliss-reactive ketones (excluding diaryl/α,β-unsaturated/α-hetero) is 2. The van der Waals surface area contributed by atoms with E-state index in [4.69, 9.17) is 0 Å². The van der Waals surface area contributed by atoms with Crippen LogP contribution in [0.25, 0.3) is 0 Å². The molecule has 1 amide bonds. The third-order valence-corrected chi connectivity index (χ3v) is 5.83. The molecule has 2 aromatic carbocycles. The number of anilines is 1. The molecule has 2 aliphatic carbocycles. The van der Waals surface area contributed by atoms with Crippen LogP contribution in [0.1, 0.15) is 27.6 Å². The Morgan fingerprint density at radius 3 is 2.26 bits per heavy atom. The minimum Gasteiger partial charge on any atom is -0.293 e. The number of aliphatic imine (C=N–C) groups is 1. The number of hydrogen-bond acceptors (Lipinski definition) is 5. The molecular weight excluding hydrogens is 390 g/mol. The van der Waals surface area contributed by atoms with Gasteiger partial charge in [0.1, 0.15) is 5.92 Å². The highest BCUT2D eigenvalue weighted by Gasteiger charge is 2.40. The molecule has 0 saturated heterocycles. The molecule has 0 unspecified atom stereocenters. The predicted molar refractivity (Wildman–Crippen MR) is 118 cm³/mol. The van der Waals surface area contributed by atoms with Crippen molar-refractivity contribution in [3.63, 3.8) is 0 Å². The van der Waals surface area contributed by atoms with Crippen LogP contribution in [-0.4, -0.2) is 29.4 Å². The van der Waals surface area contributed by atoms with Gasteiger partial charge in [0.15, 0.2) is 11.6 Å². The van der Waals surface area contributed by atoms with Crippen LogP contribution in [0.4, 0.5) is 5.69 Å². The molecule has 1 heterocycles. The molecule has 6 nitrogen and oxygen atoms in total. The highest BCUT2D eigenvalue weighted by Crippen LogP contribution is 2.35. The number of allylic oxidation sites excluding steroid dienone is 3. The standard InChI is InChI=1S/C25H19N3O3/c1-15-22(25(31)28(27-15)17-7-3-2-4-8-17)14-26-16-11-12-20-21(13-16)24(30)19-10-6-5-9-18(19)23(20)29/h2-14,20-22H,1H3/t20-,21+,22-/m1/s1. The van der Waals surface area contributed by atoms with E-state index in [1.165, 1.54) is 5.01 Å². The molecular formula is C25H19N3O3. The summed E-state index contributed by atoms with van der Waals surface area (Å²) in [5.41, 5.74) is 2.83. The van der Waals surface area contributed by atoms with Crippen LogP contribution in [0.5, 0.6) is 0 Å². The number of benzene rings is 2. The zero-order valence-corrected chi connectivity index (χ0v) is 16.8. The Bertz CT molecular complexity index is 1220. The minimum absolute atomic E-state index is 0.0526. The van der Waals surface area contributed by atoms with Gasteiger partial charge >= 0.3 is 0 Å². The number of ketones is 2. The quantitative estimate of drug-likeness (QED) is 0.722. The number of carbonyl (C=O) groups is 3. The van der Waals surface area contributed by atoms with Crippen molar-refractivity contribution >= 4 is 35.1 Å². The number of hydrogen-bond donors (Lipinski definition) is 0. The lowest BCUT2D eigenvalue weighted by Gasteiger charge is -2.29. The molecule has 0 fully saturated rings. The smallest absolute Gasteiger partial charge is 0.261 e. The molecule has 0 aromatic heterocycles. The maximum absolute atomic E-state index is 12.9. The van der Waals surface area contributed by atoms with Gasteiger partial charge in [0.25, 0.3) is 5.91 Å². The number of hydrazone groups is 1. The fourth-order valence-electron chi connectivity index (χ4n) is 4.18. The summed E-state index contributed by atoms with van der Waals surface area (Å²) in [6.45, 7) is 1.79. The zero-order valence-electron chi connectivity index (χ0n) is 16.8. The molecule has 3 aliphatic rings. The van der Waals surface area contributed by atoms with Crippen LogP contribution in [0.15, 0.2) is 88.6 Å². The SMILES string of the molecule is CC1=NN(c2ccccc2)C(=O)[C@@H]1C=NC1=C[C@@H]2C(=O)c3ccccc3C(=O)[C@@H]2C=C1. The zero-order chi connectivity index (χ0) is 21.5. The molecule has 2 aromatic rings. The summed E-state index contributed by atoms with van der Waals surface area (Å²) in [5.74, 6) is -1.97. The average molecular weight is 409 g/mol. The Balaban J connectivity index is 1.38. The highest BCUT2D eigenvalue weighted by molar-refractivity contribution is 6.23. The Hall–Kier alpha value is -3.93. The van der Waals surface area contributed by atoms with E-state index in [1.54, 1.807) is 55.6 Å². The molecule has 1 aliphatic heterocycles. The first-order valence-electron chi connectivity index (χ1n) is 10.1. The molecule has 31 heavy (non-hydrogen) atoms. The van der Waals surface area contributed by atoms with E-state index in [0.717, 1.165) is 0 Å². The largest absolute Gasteiger partial charge is 0.293 e. The normalized spacial score (nSPS) is 24.9. The van der Waals surface area contributed by atoms with E-state index in [1.807, 2.05) is 30.3 Å². The maximum Gasteiger partial charge on any atom is 0.261 e. The molecule has 6 heteroatoms. The van der Waals surface area contributed by atoms with Crippen LogP contribution in [0.2, 0.25) is 0 Å². The van der Waals surface area contributed by atoms with Crippen molar-refractivity contribution in [2.45, 2.75) is 6.92 Å². The predicted octanol–water partition coefficient (Wildman–Crippen LogP) is 3.86. The summed E-state index contributed by atoms with van der Waals surface area (Å²) in [6.07, 6.45) is 6.75. The Morgan fingerprint density at radius 2 is 1.55 bits per heavy atom. The fourth-order valence-corrected chi connectivity index (χ4v) is 4.18. The minimum atomic E-state index is -0.575. The van der Waals surface area contributed by atoms with E-state index in [-0.39, 0.29) is 17.5 Å². The van der Waals surface area contributed by atoms with Crippen molar-refractivity contribution in [3.8, 4) is 0 Å². The summed E-state index contributed by atoms with van der Waals surface area (Å²) >= 11 is 0. The van der Waals surface area contributed by atoms with Crippen molar-refractivity contribution in [1.29, 1.82) is 0 Å². The number of para-hydroxylation sites is 1. The number of rotatable bonds is 3. The number of nitrogens with zero attached hydrogens (tertiary/aromatic N) is 3. The first-order valence-corrected chi connectivity index (χ1v) is 10.1. The van der Waals surface area contributed by atoms with Crippen molar-refractivity contribution in [3.05, 3.63) is 89.6 Å². The average Bonchev–Trinajstić information content (AvgIpc) is 3.09. The molecule has 0 N–H and O–H groups in total. The second kappa shape index (κ2) is 7.40. The molecule has 5 rings (SSSR count). The number of amides is 1. The summed E-state index contributed by atoms with van der Waals surface area (Å²) < 4.78 is 0. The second-order valence-electron chi connectivity index (χ2n) is 7.76. The molecule has 152 valence electrons. The van der Waals surface area contributed by atoms with Gasteiger partial charge in [0.2, 0.25) is 0 Å². The first-order chi connectivity index (χ1) is 15.0. The molecule has 3 atom stereocenters. The van der Waals surface area contributed by atoms with Gasteiger partial charge in [-0.2, -0.15) is 10.1 Å². The lowest BCUT2D eigenvalue weighted by Crippen LogP contribution is -2.35. The monoisotopic (exact) mass is 409 g/mol. The second-order valence-corrected chi connectivity index (χ2v) is 7.76. The van der Waals surface area contributed by atoms with Gasteiger partial charge in [0, 0.05) is 17.3 Å². The number of fused-ring (bicyclic) bond motifs is 2. The van der Waals surface area contributed by atoms with Gasteiger partial charge in [-0.3, -0.25) is 19.4 Å². The first kappa shape index (κ1) is 19.1. The number of carbonyl (C=O) groups excluding carboxylic acids is 3. The fraction of sp³-hybridized carbons (Fsp3) is 0.160. The van der Waals surface area contributed by atoms with Gasteiger partial charge in [-0.25, -0.2) is 0 Å². The van der Waals surface area contributed by atoms with Crippen molar-refractivity contribution in [2.75, 3.05) is 5.01 Å². The van der Waals surface area contributed by atoms with E-state index in [0.29, 0.717) is 28.2 Å².